The molecule has 0 aliphatic heterocycles. The second-order valence-corrected chi connectivity index (χ2v) is 4.11. The summed E-state index contributed by atoms with van der Waals surface area (Å²) in [5, 5.41) is 11.4. The standard InChI is InChI=1S/C10H17NO5/c1-5-7(16-11-6-8(12)13)9(14)15-10(2,3)4/h6-7H,5H2,1-4H3,(H,12,13)/b11-6-. The Labute approximate surface area is 94.2 Å². The first-order valence-electron chi connectivity index (χ1n) is 4.91. The normalized spacial score (nSPS) is 13.5. The van der Waals surface area contributed by atoms with Crippen LogP contribution in [0.1, 0.15) is 34.1 Å². The van der Waals surface area contributed by atoms with E-state index in [1.54, 1.807) is 27.7 Å². The van der Waals surface area contributed by atoms with Gasteiger partial charge in [-0.15, -0.1) is 0 Å². The molecule has 0 aliphatic rings. The van der Waals surface area contributed by atoms with Crippen molar-refractivity contribution in [3.63, 3.8) is 0 Å². The van der Waals surface area contributed by atoms with E-state index >= 15 is 0 Å². The van der Waals surface area contributed by atoms with Crippen LogP contribution in [0.3, 0.4) is 0 Å². The van der Waals surface area contributed by atoms with Gasteiger partial charge in [0.1, 0.15) is 5.60 Å². The molecule has 0 rings (SSSR count). The van der Waals surface area contributed by atoms with E-state index in [1.165, 1.54) is 0 Å². The van der Waals surface area contributed by atoms with E-state index in [0.717, 1.165) is 0 Å². The zero-order chi connectivity index (χ0) is 12.8. The van der Waals surface area contributed by atoms with Crippen LogP contribution in [0, 0.1) is 0 Å². The Balaban J connectivity index is 4.28. The number of carboxylic acid groups (broad SMARTS) is 1. The van der Waals surface area contributed by atoms with E-state index in [1.807, 2.05) is 0 Å². The Hall–Kier alpha value is -1.59. The van der Waals surface area contributed by atoms with Crippen LogP contribution in [0.2, 0.25) is 0 Å². The number of aliphatic carboxylic acids is 1. The van der Waals surface area contributed by atoms with Crippen molar-refractivity contribution >= 4 is 18.2 Å². The first-order chi connectivity index (χ1) is 7.26. The van der Waals surface area contributed by atoms with Crippen molar-refractivity contribution in [2.75, 3.05) is 0 Å². The fraction of sp³-hybridized carbons (Fsp3) is 0.700. The number of rotatable bonds is 5. The van der Waals surface area contributed by atoms with Crippen LogP contribution in [0.4, 0.5) is 0 Å². The predicted octanol–water partition coefficient (Wildman–Crippen LogP) is 1.19. The summed E-state index contributed by atoms with van der Waals surface area (Å²) in [4.78, 5) is 26.3. The molecule has 0 amide bonds. The number of carbonyl (C=O) groups excluding carboxylic acids is 1. The van der Waals surface area contributed by atoms with E-state index in [-0.39, 0.29) is 0 Å². The van der Waals surface area contributed by atoms with Crippen LogP contribution in [0.15, 0.2) is 5.16 Å². The second kappa shape index (κ2) is 6.09. The molecule has 6 nitrogen and oxygen atoms in total. The van der Waals surface area contributed by atoms with Gasteiger partial charge < -0.3 is 14.7 Å². The monoisotopic (exact) mass is 231 g/mol. The molecule has 92 valence electrons. The Kier molecular flexibility index (Phi) is 5.49. The summed E-state index contributed by atoms with van der Waals surface area (Å²) in [6.45, 7) is 6.92. The molecule has 0 spiro atoms. The molecule has 1 N–H and O–H groups in total. The Bertz CT molecular complexity index is 279. The molecule has 0 aromatic rings. The summed E-state index contributed by atoms with van der Waals surface area (Å²) >= 11 is 0. The third-order valence-corrected chi connectivity index (χ3v) is 1.39. The van der Waals surface area contributed by atoms with Gasteiger partial charge in [0.05, 0.1) is 0 Å². The van der Waals surface area contributed by atoms with Gasteiger partial charge in [0, 0.05) is 0 Å². The number of hydrogen-bond acceptors (Lipinski definition) is 5. The van der Waals surface area contributed by atoms with Gasteiger partial charge in [-0.05, 0) is 27.2 Å². The Morgan fingerprint density at radius 1 is 1.44 bits per heavy atom. The highest BCUT2D eigenvalue weighted by atomic mass is 16.7. The summed E-state index contributed by atoms with van der Waals surface area (Å²) in [6, 6.07) is 0. The molecule has 0 bridgehead atoms. The zero-order valence-corrected chi connectivity index (χ0v) is 9.89. The minimum Gasteiger partial charge on any atom is -0.477 e. The molecule has 0 radical (unpaired) electrons. The maximum atomic E-state index is 11.5. The maximum absolute atomic E-state index is 11.5. The molecule has 0 saturated heterocycles. The second-order valence-electron chi connectivity index (χ2n) is 4.11. The average Bonchev–Trinajstić information content (AvgIpc) is 2.08. The fourth-order valence-corrected chi connectivity index (χ4v) is 0.801. The third-order valence-electron chi connectivity index (χ3n) is 1.39. The third kappa shape index (κ3) is 6.80. The highest BCUT2D eigenvalue weighted by Crippen LogP contribution is 2.11. The molecule has 0 aliphatic carbocycles. The molecule has 6 heteroatoms. The molecule has 1 unspecified atom stereocenters. The molecule has 16 heavy (non-hydrogen) atoms. The molecule has 0 saturated carbocycles. The average molecular weight is 231 g/mol. The number of carbonyl (C=O) groups is 2. The molecule has 0 heterocycles. The van der Waals surface area contributed by atoms with Crippen molar-refractivity contribution in [2.45, 2.75) is 45.8 Å². The van der Waals surface area contributed by atoms with Crippen LogP contribution in [0.5, 0.6) is 0 Å². The van der Waals surface area contributed by atoms with Crippen LogP contribution in [-0.2, 0) is 19.2 Å². The van der Waals surface area contributed by atoms with Crippen molar-refractivity contribution in [3.05, 3.63) is 0 Å². The van der Waals surface area contributed by atoms with Crippen LogP contribution in [-0.4, -0.2) is 35.0 Å². The van der Waals surface area contributed by atoms with E-state index in [9.17, 15) is 9.59 Å². The summed E-state index contributed by atoms with van der Waals surface area (Å²) in [5.41, 5.74) is -0.607. The molecule has 0 aromatic carbocycles. The van der Waals surface area contributed by atoms with Crippen LogP contribution < -0.4 is 0 Å². The van der Waals surface area contributed by atoms with Crippen molar-refractivity contribution in [1.29, 1.82) is 0 Å². The number of carboxylic acids is 1. The minimum absolute atomic E-state index is 0.353. The van der Waals surface area contributed by atoms with Gasteiger partial charge in [-0.3, -0.25) is 0 Å². The predicted molar refractivity (Wildman–Crippen MR) is 57.1 cm³/mol. The lowest BCUT2D eigenvalue weighted by Crippen LogP contribution is -2.32. The zero-order valence-electron chi connectivity index (χ0n) is 9.89. The van der Waals surface area contributed by atoms with Crippen molar-refractivity contribution in [1.82, 2.24) is 0 Å². The van der Waals surface area contributed by atoms with Gasteiger partial charge in [-0.2, -0.15) is 0 Å². The van der Waals surface area contributed by atoms with Crippen molar-refractivity contribution in [3.8, 4) is 0 Å². The van der Waals surface area contributed by atoms with Crippen LogP contribution in [0.25, 0.3) is 0 Å². The quantitative estimate of drug-likeness (QED) is 0.436. The first kappa shape index (κ1) is 14.4. The topological polar surface area (TPSA) is 85.2 Å². The van der Waals surface area contributed by atoms with Gasteiger partial charge in [-0.25, -0.2) is 9.59 Å². The number of nitrogens with zero attached hydrogens (tertiary/aromatic N) is 1. The number of oxime groups is 1. The highest BCUT2D eigenvalue weighted by molar-refractivity contribution is 6.21. The van der Waals surface area contributed by atoms with E-state index in [2.05, 4.69) is 5.16 Å². The van der Waals surface area contributed by atoms with Gasteiger partial charge in [0.15, 0.2) is 6.21 Å². The van der Waals surface area contributed by atoms with E-state index in [0.29, 0.717) is 12.6 Å². The lowest BCUT2D eigenvalue weighted by molar-refractivity contribution is -0.169. The van der Waals surface area contributed by atoms with E-state index in [4.69, 9.17) is 14.7 Å². The van der Waals surface area contributed by atoms with Gasteiger partial charge in [-0.1, -0.05) is 12.1 Å². The largest absolute Gasteiger partial charge is 0.477 e. The van der Waals surface area contributed by atoms with Crippen molar-refractivity contribution in [2.24, 2.45) is 5.16 Å². The number of ether oxygens (including phenoxy) is 1. The molecular weight excluding hydrogens is 214 g/mol. The fourth-order valence-electron chi connectivity index (χ4n) is 0.801. The first-order valence-corrected chi connectivity index (χ1v) is 4.91. The Morgan fingerprint density at radius 3 is 2.38 bits per heavy atom. The van der Waals surface area contributed by atoms with Crippen LogP contribution >= 0.6 is 0 Å². The molecular formula is C10H17NO5. The highest BCUT2D eigenvalue weighted by Gasteiger charge is 2.25. The summed E-state index contributed by atoms with van der Waals surface area (Å²) < 4.78 is 5.06. The smallest absolute Gasteiger partial charge is 0.350 e. The molecule has 0 fully saturated rings. The summed E-state index contributed by atoms with van der Waals surface area (Å²) in [7, 11) is 0. The lowest BCUT2D eigenvalue weighted by Gasteiger charge is -2.22. The maximum Gasteiger partial charge on any atom is 0.350 e. The van der Waals surface area contributed by atoms with Gasteiger partial charge in [0.2, 0.25) is 6.10 Å². The summed E-state index contributed by atoms with van der Waals surface area (Å²) in [5.74, 6) is -1.79. The summed E-state index contributed by atoms with van der Waals surface area (Å²) in [6.07, 6.45) is 0.0497. The Morgan fingerprint density at radius 2 is 2.00 bits per heavy atom. The SMILES string of the molecule is CCC(O/N=C\C(=O)O)C(=O)OC(C)(C)C. The lowest BCUT2D eigenvalue weighted by atomic mass is 10.2. The van der Waals surface area contributed by atoms with Gasteiger partial charge >= 0.3 is 11.9 Å². The number of hydrogen-bond donors (Lipinski definition) is 1. The number of esters is 1. The molecule has 1 atom stereocenters. The molecule has 0 aromatic heterocycles. The minimum atomic E-state index is -1.24. The van der Waals surface area contributed by atoms with Crippen molar-refractivity contribution < 1.29 is 24.3 Å². The van der Waals surface area contributed by atoms with Gasteiger partial charge in [0.25, 0.3) is 0 Å². The van der Waals surface area contributed by atoms with E-state index < -0.39 is 23.6 Å².